The van der Waals surface area contributed by atoms with Gasteiger partial charge in [0.1, 0.15) is 0 Å². The van der Waals surface area contributed by atoms with Gasteiger partial charge in [-0.05, 0) is 57.0 Å². The highest BCUT2D eigenvalue weighted by molar-refractivity contribution is 7.89. The minimum absolute atomic E-state index is 0.138. The SMILES string of the molecule is Cc1ccc(S(=O)(=O)NC(C)C(=O)Nc2cc(C)ccc2C)cc1. The van der Waals surface area contributed by atoms with Crippen LogP contribution in [0.1, 0.15) is 23.6 Å². The van der Waals surface area contributed by atoms with Crippen LogP contribution in [0.15, 0.2) is 47.4 Å². The predicted octanol–water partition coefficient (Wildman–Crippen LogP) is 2.92. The molecule has 2 aromatic carbocycles. The van der Waals surface area contributed by atoms with Crippen molar-refractivity contribution < 1.29 is 13.2 Å². The van der Waals surface area contributed by atoms with Gasteiger partial charge in [-0.1, -0.05) is 29.8 Å². The molecule has 0 saturated heterocycles. The van der Waals surface area contributed by atoms with E-state index in [9.17, 15) is 13.2 Å². The first kappa shape index (κ1) is 18.2. The molecule has 0 aliphatic rings. The molecule has 6 heteroatoms. The van der Waals surface area contributed by atoms with Crippen LogP contribution in [-0.4, -0.2) is 20.4 Å². The minimum atomic E-state index is -3.74. The van der Waals surface area contributed by atoms with Crippen molar-refractivity contribution in [2.45, 2.75) is 38.6 Å². The summed E-state index contributed by atoms with van der Waals surface area (Å²) in [6.07, 6.45) is 0. The fraction of sp³-hybridized carbons (Fsp3) is 0.278. The maximum atomic E-state index is 12.3. The fourth-order valence-corrected chi connectivity index (χ4v) is 3.39. The Morgan fingerprint density at radius 2 is 1.54 bits per heavy atom. The Hall–Kier alpha value is -2.18. The highest BCUT2D eigenvalue weighted by Gasteiger charge is 2.22. The van der Waals surface area contributed by atoms with E-state index < -0.39 is 22.0 Å². The molecule has 0 heterocycles. The molecule has 0 radical (unpaired) electrons. The zero-order valence-corrected chi connectivity index (χ0v) is 15.1. The number of amides is 1. The Morgan fingerprint density at radius 3 is 2.17 bits per heavy atom. The van der Waals surface area contributed by atoms with Crippen LogP contribution in [0.25, 0.3) is 0 Å². The predicted molar refractivity (Wildman–Crippen MR) is 95.5 cm³/mol. The quantitative estimate of drug-likeness (QED) is 0.874. The van der Waals surface area contributed by atoms with E-state index in [0.717, 1.165) is 16.7 Å². The van der Waals surface area contributed by atoms with E-state index in [1.165, 1.54) is 19.1 Å². The van der Waals surface area contributed by atoms with Gasteiger partial charge < -0.3 is 5.32 Å². The van der Waals surface area contributed by atoms with E-state index >= 15 is 0 Å². The number of aryl methyl sites for hydroxylation is 3. The molecule has 2 N–H and O–H groups in total. The summed E-state index contributed by atoms with van der Waals surface area (Å²) in [5.41, 5.74) is 3.59. The van der Waals surface area contributed by atoms with Gasteiger partial charge in [-0.25, -0.2) is 8.42 Å². The first-order valence-electron chi connectivity index (χ1n) is 7.66. The molecule has 2 aromatic rings. The maximum Gasteiger partial charge on any atom is 0.242 e. The van der Waals surface area contributed by atoms with Crippen LogP contribution in [0.5, 0.6) is 0 Å². The van der Waals surface area contributed by atoms with E-state index in [1.54, 1.807) is 12.1 Å². The summed E-state index contributed by atoms with van der Waals surface area (Å²) in [7, 11) is -3.74. The second-order valence-corrected chi connectivity index (χ2v) is 7.68. The Morgan fingerprint density at radius 1 is 0.958 bits per heavy atom. The number of sulfonamides is 1. The molecular weight excluding hydrogens is 324 g/mol. The number of hydrogen-bond acceptors (Lipinski definition) is 3. The zero-order valence-electron chi connectivity index (χ0n) is 14.3. The van der Waals surface area contributed by atoms with E-state index in [-0.39, 0.29) is 4.90 Å². The first-order valence-corrected chi connectivity index (χ1v) is 9.14. The molecule has 2 rings (SSSR count). The largest absolute Gasteiger partial charge is 0.324 e. The molecule has 0 aliphatic carbocycles. The van der Waals surface area contributed by atoms with Crippen LogP contribution in [-0.2, 0) is 14.8 Å². The monoisotopic (exact) mass is 346 g/mol. The van der Waals surface area contributed by atoms with Crippen molar-refractivity contribution in [3.8, 4) is 0 Å². The van der Waals surface area contributed by atoms with Crippen LogP contribution in [0.4, 0.5) is 5.69 Å². The number of nitrogens with one attached hydrogen (secondary N) is 2. The molecule has 0 aliphatic heterocycles. The second-order valence-electron chi connectivity index (χ2n) is 5.96. The van der Waals surface area contributed by atoms with Gasteiger partial charge in [0.15, 0.2) is 0 Å². The summed E-state index contributed by atoms with van der Waals surface area (Å²) in [6.45, 7) is 7.21. The van der Waals surface area contributed by atoms with Crippen molar-refractivity contribution in [3.05, 3.63) is 59.2 Å². The van der Waals surface area contributed by atoms with E-state index in [1.807, 2.05) is 39.0 Å². The summed E-state index contributed by atoms with van der Waals surface area (Å²) >= 11 is 0. The topological polar surface area (TPSA) is 75.3 Å². The van der Waals surface area contributed by atoms with Gasteiger partial charge in [-0.3, -0.25) is 4.79 Å². The van der Waals surface area contributed by atoms with Crippen LogP contribution >= 0.6 is 0 Å². The average Bonchev–Trinajstić information content (AvgIpc) is 2.51. The summed E-state index contributed by atoms with van der Waals surface area (Å²) in [6, 6.07) is 11.3. The first-order chi connectivity index (χ1) is 11.2. The van der Waals surface area contributed by atoms with Crippen molar-refractivity contribution in [1.82, 2.24) is 4.72 Å². The Bertz CT molecular complexity index is 843. The number of anilines is 1. The Kier molecular flexibility index (Phi) is 5.41. The van der Waals surface area contributed by atoms with Gasteiger partial charge in [-0.15, -0.1) is 0 Å². The lowest BCUT2D eigenvalue weighted by Gasteiger charge is -2.16. The standard InChI is InChI=1S/C18H22N2O3S/c1-12-6-9-16(10-7-12)24(22,23)20-15(4)18(21)19-17-11-13(2)5-8-14(17)3/h5-11,15,20H,1-4H3,(H,19,21). The molecule has 5 nitrogen and oxygen atoms in total. The Labute approximate surface area is 143 Å². The lowest BCUT2D eigenvalue weighted by Crippen LogP contribution is -2.41. The lowest BCUT2D eigenvalue weighted by atomic mass is 10.1. The number of hydrogen-bond donors (Lipinski definition) is 2. The molecule has 1 atom stereocenters. The highest BCUT2D eigenvalue weighted by Crippen LogP contribution is 2.17. The number of carbonyl (C=O) groups excluding carboxylic acids is 1. The van der Waals surface area contributed by atoms with Crippen molar-refractivity contribution in [1.29, 1.82) is 0 Å². The molecular formula is C18H22N2O3S. The molecule has 1 unspecified atom stereocenters. The second kappa shape index (κ2) is 7.15. The van der Waals surface area contributed by atoms with Crippen LogP contribution in [0.3, 0.4) is 0 Å². The molecule has 0 spiro atoms. The van der Waals surface area contributed by atoms with Crippen LogP contribution < -0.4 is 10.0 Å². The van der Waals surface area contributed by atoms with Crippen molar-refractivity contribution in [3.63, 3.8) is 0 Å². The summed E-state index contributed by atoms with van der Waals surface area (Å²) in [4.78, 5) is 12.4. The third kappa shape index (κ3) is 4.43. The normalized spacial score (nSPS) is 12.7. The minimum Gasteiger partial charge on any atom is -0.324 e. The number of benzene rings is 2. The zero-order chi connectivity index (χ0) is 17.9. The molecule has 0 saturated carbocycles. The van der Waals surface area contributed by atoms with Crippen LogP contribution in [0.2, 0.25) is 0 Å². The van der Waals surface area contributed by atoms with E-state index in [4.69, 9.17) is 0 Å². The number of carbonyl (C=O) groups is 1. The summed E-state index contributed by atoms with van der Waals surface area (Å²) < 4.78 is 27.1. The summed E-state index contributed by atoms with van der Waals surface area (Å²) in [5, 5.41) is 2.77. The lowest BCUT2D eigenvalue weighted by molar-refractivity contribution is -0.117. The van der Waals surface area contributed by atoms with Crippen molar-refractivity contribution in [2.24, 2.45) is 0 Å². The third-order valence-electron chi connectivity index (χ3n) is 3.71. The highest BCUT2D eigenvalue weighted by atomic mass is 32.2. The third-order valence-corrected chi connectivity index (χ3v) is 5.26. The molecule has 0 bridgehead atoms. The van der Waals surface area contributed by atoms with E-state index in [0.29, 0.717) is 5.69 Å². The Balaban J connectivity index is 2.10. The maximum absolute atomic E-state index is 12.3. The molecule has 1 amide bonds. The molecule has 0 aromatic heterocycles. The molecule has 128 valence electrons. The van der Waals surface area contributed by atoms with Crippen molar-refractivity contribution >= 4 is 21.6 Å². The van der Waals surface area contributed by atoms with Gasteiger partial charge >= 0.3 is 0 Å². The van der Waals surface area contributed by atoms with Crippen LogP contribution in [0, 0.1) is 20.8 Å². The fourth-order valence-electron chi connectivity index (χ4n) is 2.18. The van der Waals surface area contributed by atoms with Crippen molar-refractivity contribution in [2.75, 3.05) is 5.32 Å². The molecule has 0 fully saturated rings. The van der Waals surface area contributed by atoms with E-state index in [2.05, 4.69) is 10.0 Å². The number of rotatable bonds is 5. The summed E-state index contributed by atoms with van der Waals surface area (Å²) in [5.74, 6) is -0.403. The van der Waals surface area contributed by atoms with Gasteiger partial charge in [0.25, 0.3) is 0 Å². The van der Waals surface area contributed by atoms with Gasteiger partial charge in [0.05, 0.1) is 10.9 Å². The van der Waals surface area contributed by atoms with Gasteiger partial charge in [-0.2, -0.15) is 4.72 Å². The smallest absolute Gasteiger partial charge is 0.242 e. The average molecular weight is 346 g/mol. The van der Waals surface area contributed by atoms with Gasteiger partial charge in [0.2, 0.25) is 15.9 Å². The molecule has 24 heavy (non-hydrogen) atoms. The van der Waals surface area contributed by atoms with Gasteiger partial charge in [0, 0.05) is 5.69 Å².